The molecule has 2 amide bonds. The van der Waals surface area contributed by atoms with Crippen molar-refractivity contribution >= 4 is 50.7 Å². The molecule has 2 rings (SSSR count). The Bertz CT molecular complexity index is 1190. The summed E-state index contributed by atoms with van der Waals surface area (Å²) in [6.45, 7) is 7.70. The minimum Gasteiger partial charge on any atom is -0.492 e. The van der Waals surface area contributed by atoms with E-state index in [0.29, 0.717) is 33.7 Å². The number of nitrogens with one attached hydrogen (secondary N) is 1. The Kier molecular flexibility index (Phi) is 11.5. The van der Waals surface area contributed by atoms with Gasteiger partial charge in [0.15, 0.2) is 0 Å². The fraction of sp³-hybridized carbons (Fsp3) is 0.462. The molecule has 0 saturated heterocycles. The molecular weight excluding hydrogens is 537 g/mol. The van der Waals surface area contributed by atoms with Gasteiger partial charge in [0, 0.05) is 35.6 Å². The molecule has 37 heavy (non-hydrogen) atoms. The van der Waals surface area contributed by atoms with Crippen molar-refractivity contribution in [2.45, 2.75) is 59.2 Å². The number of hydrogen-bond donors (Lipinski definition) is 1. The summed E-state index contributed by atoms with van der Waals surface area (Å²) >= 11 is 12.4. The normalized spacial score (nSPS) is 12.2. The smallest absolute Gasteiger partial charge is 0.242 e. The van der Waals surface area contributed by atoms with Crippen LogP contribution in [0.3, 0.4) is 0 Å². The molecule has 0 aromatic heterocycles. The molecule has 0 heterocycles. The molecule has 11 heteroatoms. The van der Waals surface area contributed by atoms with E-state index in [9.17, 15) is 18.0 Å². The zero-order valence-corrected chi connectivity index (χ0v) is 24.2. The summed E-state index contributed by atoms with van der Waals surface area (Å²) in [4.78, 5) is 27.6. The maximum Gasteiger partial charge on any atom is 0.242 e. The van der Waals surface area contributed by atoms with Gasteiger partial charge in [-0.05, 0) is 63.9 Å². The van der Waals surface area contributed by atoms with Crippen molar-refractivity contribution in [1.29, 1.82) is 0 Å². The number of anilines is 1. The summed E-state index contributed by atoms with van der Waals surface area (Å²) in [7, 11) is -3.64. The Morgan fingerprint density at radius 2 is 1.76 bits per heavy atom. The van der Waals surface area contributed by atoms with Crippen molar-refractivity contribution in [3.8, 4) is 5.75 Å². The van der Waals surface area contributed by atoms with Gasteiger partial charge in [0.2, 0.25) is 21.8 Å². The first-order valence-corrected chi connectivity index (χ1v) is 14.7. The van der Waals surface area contributed by atoms with Crippen molar-refractivity contribution in [1.82, 2.24) is 10.2 Å². The van der Waals surface area contributed by atoms with Crippen LogP contribution in [0.2, 0.25) is 10.0 Å². The van der Waals surface area contributed by atoms with Crippen LogP contribution in [0.25, 0.3) is 0 Å². The van der Waals surface area contributed by atoms with E-state index in [-0.39, 0.29) is 43.8 Å². The minimum absolute atomic E-state index is 0.0212. The molecule has 204 valence electrons. The second-order valence-corrected chi connectivity index (χ2v) is 11.7. The third-order valence-corrected chi connectivity index (χ3v) is 7.31. The first kappa shape index (κ1) is 30.7. The van der Waals surface area contributed by atoms with E-state index >= 15 is 0 Å². The largest absolute Gasteiger partial charge is 0.492 e. The molecule has 0 fully saturated rings. The van der Waals surface area contributed by atoms with Crippen molar-refractivity contribution in [3.63, 3.8) is 0 Å². The maximum absolute atomic E-state index is 13.4. The van der Waals surface area contributed by atoms with Gasteiger partial charge in [-0.15, -0.1) is 0 Å². The number of halogens is 2. The lowest BCUT2D eigenvalue weighted by Crippen LogP contribution is -2.49. The Labute approximate surface area is 229 Å². The van der Waals surface area contributed by atoms with Gasteiger partial charge in [-0.25, -0.2) is 8.42 Å². The highest BCUT2D eigenvalue weighted by Crippen LogP contribution is 2.30. The topological polar surface area (TPSA) is 96.0 Å². The zero-order valence-electron chi connectivity index (χ0n) is 21.8. The molecule has 0 aliphatic carbocycles. The Morgan fingerprint density at radius 3 is 2.35 bits per heavy atom. The van der Waals surface area contributed by atoms with Gasteiger partial charge < -0.3 is 15.0 Å². The van der Waals surface area contributed by atoms with Crippen molar-refractivity contribution in [3.05, 3.63) is 58.1 Å². The van der Waals surface area contributed by atoms with Gasteiger partial charge in [-0.2, -0.15) is 0 Å². The molecule has 0 saturated carbocycles. The van der Waals surface area contributed by atoms with E-state index in [4.69, 9.17) is 27.9 Å². The van der Waals surface area contributed by atoms with Gasteiger partial charge >= 0.3 is 0 Å². The van der Waals surface area contributed by atoms with E-state index in [1.165, 1.54) is 9.21 Å². The molecule has 0 unspecified atom stereocenters. The van der Waals surface area contributed by atoms with E-state index in [2.05, 4.69) is 5.32 Å². The van der Waals surface area contributed by atoms with Crippen LogP contribution in [0.4, 0.5) is 5.69 Å². The van der Waals surface area contributed by atoms with Crippen molar-refractivity contribution < 1.29 is 22.7 Å². The van der Waals surface area contributed by atoms with Crippen LogP contribution in [-0.2, 0) is 26.2 Å². The van der Waals surface area contributed by atoms with Crippen molar-refractivity contribution in [2.24, 2.45) is 0 Å². The first-order chi connectivity index (χ1) is 17.3. The number of benzene rings is 2. The number of rotatable bonds is 13. The third kappa shape index (κ3) is 9.09. The molecule has 2 aromatic rings. The van der Waals surface area contributed by atoms with Crippen LogP contribution in [0, 0.1) is 0 Å². The molecule has 0 bridgehead atoms. The number of ether oxygens (including phenoxy) is 1. The van der Waals surface area contributed by atoms with Crippen LogP contribution in [0.1, 0.15) is 46.1 Å². The number of carbonyl (C=O) groups excluding carboxylic acids is 2. The second kappa shape index (κ2) is 13.9. The minimum atomic E-state index is -3.64. The SMILES string of the molecule is CCOc1ccccc1N(CCCC(=O)N(Cc1ccc(Cl)cc1Cl)[C@H](C)C(=O)NC(C)C)S(C)(=O)=O. The fourth-order valence-corrected chi connectivity index (χ4v) is 5.18. The average Bonchev–Trinajstić information content (AvgIpc) is 2.80. The first-order valence-electron chi connectivity index (χ1n) is 12.1. The van der Waals surface area contributed by atoms with Gasteiger partial charge in [0.25, 0.3) is 0 Å². The molecule has 0 aliphatic rings. The fourth-order valence-electron chi connectivity index (χ4n) is 3.74. The van der Waals surface area contributed by atoms with Crippen LogP contribution in [0.15, 0.2) is 42.5 Å². The number of carbonyl (C=O) groups is 2. The number of nitrogens with zero attached hydrogens (tertiary/aromatic N) is 2. The lowest BCUT2D eigenvalue weighted by molar-refractivity contribution is -0.140. The maximum atomic E-state index is 13.4. The highest BCUT2D eigenvalue weighted by atomic mass is 35.5. The third-order valence-electron chi connectivity index (χ3n) is 5.54. The van der Waals surface area contributed by atoms with E-state index < -0.39 is 16.1 Å². The Balaban J connectivity index is 2.24. The highest BCUT2D eigenvalue weighted by Gasteiger charge is 2.28. The molecular formula is C26H35Cl2N3O5S. The van der Waals surface area contributed by atoms with E-state index in [1.807, 2.05) is 20.8 Å². The molecule has 0 radical (unpaired) electrons. The van der Waals surface area contributed by atoms with Gasteiger partial charge in [0.05, 0.1) is 18.6 Å². The predicted molar refractivity (Wildman–Crippen MR) is 149 cm³/mol. The second-order valence-electron chi connectivity index (χ2n) is 8.94. The highest BCUT2D eigenvalue weighted by molar-refractivity contribution is 7.92. The number of amides is 2. The zero-order chi connectivity index (χ0) is 27.8. The number of para-hydroxylation sites is 2. The lowest BCUT2D eigenvalue weighted by Gasteiger charge is -2.30. The van der Waals surface area contributed by atoms with Crippen LogP contribution >= 0.6 is 23.2 Å². The molecule has 1 atom stereocenters. The van der Waals surface area contributed by atoms with Crippen molar-refractivity contribution in [2.75, 3.05) is 23.7 Å². The summed E-state index contributed by atoms with van der Waals surface area (Å²) in [6, 6.07) is 11.0. The summed E-state index contributed by atoms with van der Waals surface area (Å²) in [5, 5.41) is 3.68. The lowest BCUT2D eigenvalue weighted by atomic mass is 10.1. The molecule has 0 aliphatic heterocycles. The van der Waals surface area contributed by atoms with Gasteiger partial charge in [-0.1, -0.05) is 41.4 Å². The molecule has 8 nitrogen and oxygen atoms in total. The molecule has 1 N–H and O–H groups in total. The quantitative estimate of drug-likeness (QED) is 0.369. The van der Waals surface area contributed by atoms with E-state index in [0.717, 1.165) is 6.26 Å². The Morgan fingerprint density at radius 1 is 1.08 bits per heavy atom. The number of sulfonamides is 1. The van der Waals surface area contributed by atoms with Crippen LogP contribution in [0.5, 0.6) is 5.75 Å². The monoisotopic (exact) mass is 571 g/mol. The predicted octanol–water partition coefficient (Wildman–Crippen LogP) is 4.88. The van der Waals surface area contributed by atoms with Crippen LogP contribution < -0.4 is 14.4 Å². The van der Waals surface area contributed by atoms with Gasteiger partial charge in [-0.3, -0.25) is 13.9 Å². The van der Waals surface area contributed by atoms with Crippen LogP contribution in [-0.4, -0.2) is 56.6 Å². The number of hydrogen-bond acceptors (Lipinski definition) is 5. The standard InChI is InChI=1S/C26H35Cl2N3O5S/c1-6-36-24-11-8-7-10-23(24)31(37(5,34)35)15-9-12-25(32)30(19(4)26(33)29-18(2)3)17-20-13-14-21(27)16-22(20)28/h7-8,10-11,13-14,16,18-19H,6,9,12,15,17H2,1-5H3,(H,29,33)/t19-/m1/s1. The van der Waals surface area contributed by atoms with Gasteiger partial charge in [0.1, 0.15) is 11.8 Å². The summed E-state index contributed by atoms with van der Waals surface area (Å²) < 4.78 is 32.0. The Hall–Kier alpha value is -2.49. The molecule has 2 aromatic carbocycles. The summed E-state index contributed by atoms with van der Waals surface area (Å²) in [5.74, 6) is -0.152. The summed E-state index contributed by atoms with van der Waals surface area (Å²) in [6.07, 6.45) is 1.37. The molecule has 0 spiro atoms. The van der Waals surface area contributed by atoms with E-state index in [1.54, 1.807) is 49.4 Å². The summed E-state index contributed by atoms with van der Waals surface area (Å²) in [5.41, 5.74) is 1.06. The average molecular weight is 573 g/mol.